The third-order valence-electron chi connectivity index (χ3n) is 11.6. The van der Waals surface area contributed by atoms with E-state index in [0.717, 1.165) is 32.1 Å². The number of esters is 1. The predicted octanol–water partition coefficient (Wildman–Crippen LogP) is 6.80. The van der Waals surface area contributed by atoms with E-state index in [9.17, 15) is 23.6 Å². The zero-order chi connectivity index (χ0) is 37.7. The van der Waals surface area contributed by atoms with Crippen LogP contribution in [0.1, 0.15) is 102 Å². The second kappa shape index (κ2) is 17.2. The molecule has 0 radical (unpaired) electrons. The van der Waals surface area contributed by atoms with Crippen LogP contribution in [-0.4, -0.2) is 92.2 Å². The number of fused-ring (bicyclic) bond motifs is 1. The molecule has 1 aromatic carbocycles. The van der Waals surface area contributed by atoms with Crippen molar-refractivity contribution >= 4 is 40.5 Å². The Morgan fingerprint density at radius 1 is 0.962 bits per heavy atom. The number of nitrogens with zero attached hydrogens (tertiary/aromatic N) is 1. The Labute approximate surface area is 311 Å². The molecule has 6 rings (SSSR count). The van der Waals surface area contributed by atoms with E-state index in [0.29, 0.717) is 74.4 Å². The zero-order valence-corrected chi connectivity index (χ0v) is 31.5. The summed E-state index contributed by atoms with van der Waals surface area (Å²) >= 11 is 0. The van der Waals surface area contributed by atoms with E-state index in [1.165, 1.54) is 0 Å². The lowest BCUT2D eigenvalue weighted by Gasteiger charge is -2.38. The highest BCUT2D eigenvalue weighted by molar-refractivity contribution is 6.00. The van der Waals surface area contributed by atoms with Crippen LogP contribution in [0.5, 0.6) is 0 Å². The molecule has 53 heavy (non-hydrogen) atoms. The maximum absolute atomic E-state index is 14.3. The van der Waals surface area contributed by atoms with Gasteiger partial charge in [0.05, 0.1) is 26.0 Å². The lowest BCUT2D eigenvalue weighted by atomic mass is 9.75. The van der Waals surface area contributed by atoms with Crippen LogP contribution < -0.4 is 10.6 Å². The maximum atomic E-state index is 14.3. The predicted molar refractivity (Wildman–Crippen MR) is 195 cm³/mol. The van der Waals surface area contributed by atoms with Gasteiger partial charge in [0.1, 0.15) is 23.3 Å². The molecule has 3 amide bonds. The number of likely N-dealkylation sites (tertiary alicyclic amines) is 1. The van der Waals surface area contributed by atoms with Crippen LogP contribution in [0.3, 0.4) is 0 Å². The third kappa shape index (κ3) is 9.70. The Balaban J connectivity index is 1.14. The molecular formula is C40H56FN3O9. The summed E-state index contributed by atoms with van der Waals surface area (Å²) in [5.74, 6) is -0.633. The van der Waals surface area contributed by atoms with Crippen LogP contribution in [0.2, 0.25) is 0 Å². The first-order chi connectivity index (χ1) is 25.4. The fraction of sp³-hybridized carbons (Fsp3) is 0.700. The van der Waals surface area contributed by atoms with E-state index < -0.39 is 30.4 Å². The number of ether oxygens (including phenoxy) is 4. The molecular weight excluding hydrogens is 685 g/mol. The van der Waals surface area contributed by atoms with Crippen molar-refractivity contribution in [3.05, 3.63) is 30.0 Å². The molecule has 3 heterocycles. The first kappa shape index (κ1) is 39.0. The number of alkyl carbamates (subject to hydrolysis) is 1. The van der Waals surface area contributed by atoms with Gasteiger partial charge in [-0.25, -0.2) is 9.59 Å². The Morgan fingerprint density at radius 3 is 2.38 bits per heavy atom. The smallest absolute Gasteiger partial charge is 0.407 e. The van der Waals surface area contributed by atoms with Crippen molar-refractivity contribution in [2.75, 3.05) is 38.9 Å². The number of benzene rings is 1. The first-order valence-corrected chi connectivity index (χ1v) is 19.4. The normalized spacial score (nSPS) is 28.4. The standard InChI is InChI=1S/C40H56FN3O9/c1-40(2,3)53-39(48)43-32(15-18-41)25-5-7-26(8-6-25)37(46)44-19-16-31(24-9-12-29(49-4)13-10-24)35(44)36(45)42-28-11-14-33-27(21-28)22-34(52-33)38(47)51-30-17-20-50-23-30/h11,14,21-22,24-26,29-32,35H,5-10,12-13,15-20,23H2,1-4H3,(H,42,45)(H,43,48)/t24?,25?,26?,29?,30?,31-,32+,35-/m0/s1. The van der Waals surface area contributed by atoms with Crippen LogP contribution in [0.4, 0.5) is 14.9 Å². The number of furan rings is 1. The summed E-state index contributed by atoms with van der Waals surface area (Å²) in [7, 11) is 1.74. The largest absolute Gasteiger partial charge is 0.454 e. The highest BCUT2D eigenvalue weighted by atomic mass is 19.1. The molecule has 0 bridgehead atoms. The Hall–Kier alpha value is -3.71. The minimum Gasteiger partial charge on any atom is -0.454 e. The van der Waals surface area contributed by atoms with Gasteiger partial charge in [-0.05, 0) is 127 Å². The molecule has 2 N–H and O–H groups in total. The molecule has 2 aliphatic carbocycles. The van der Waals surface area contributed by atoms with Gasteiger partial charge < -0.3 is 38.9 Å². The molecule has 2 aliphatic heterocycles. The molecule has 292 valence electrons. The summed E-state index contributed by atoms with van der Waals surface area (Å²) in [5, 5.41) is 6.63. The number of hydrogen-bond acceptors (Lipinski definition) is 9. The summed E-state index contributed by atoms with van der Waals surface area (Å²) in [6.07, 6.45) is 7.22. The highest BCUT2D eigenvalue weighted by Gasteiger charge is 2.47. The lowest BCUT2D eigenvalue weighted by Crippen LogP contribution is -2.50. The van der Waals surface area contributed by atoms with E-state index in [2.05, 4.69) is 10.6 Å². The van der Waals surface area contributed by atoms with E-state index in [1.807, 2.05) is 4.90 Å². The van der Waals surface area contributed by atoms with Crippen LogP contribution in [-0.2, 0) is 28.5 Å². The molecule has 2 aromatic rings. The van der Waals surface area contributed by atoms with E-state index in [1.54, 1.807) is 52.1 Å². The average Bonchev–Trinajstić information content (AvgIpc) is 3.91. The van der Waals surface area contributed by atoms with Gasteiger partial charge in [0.25, 0.3) is 0 Å². The number of alkyl halides is 1. The fourth-order valence-electron chi connectivity index (χ4n) is 8.90. The Morgan fingerprint density at radius 2 is 1.72 bits per heavy atom. The number of anilines is 1. The summed E-state index contributed by atoms with van der Waals surface area (Å²) in [4.78, 5) is 55.7. The second-order valence-corrected chi connectivity index (χ2v) is 16.3. The van der Waals surface area contributed by atoms with Crippen LogP contribution >= 0.6 is 0 Å². The van der Waals surface area contributed by atoms with Gasteiger partial charge in [-0.2, -0.15) is 0 Å². The van der Waals surface area contributed by atoms with Crippen molar-refractivity contribution in [3.8, 4) is 0 Å². The highest BCUT2D eigenvalue weighted by Crippen LogP contribution is 2.42. The van der Waals surface area contributed by atoms with Crippen LogP contribution in [0.15, 0.2) is 28.7 Å². The van der Waals surface area contributed by atoms with Gasteiger partial charge in [-0.3, -0.25) is 14.0 Å². The number of amides is 3. The zero-order valence-electron chi connectivity index (χ0n) is 31.5. The number of carbonyl (C=O) groups excluding carboxylic acids is 4. The number of carbonyl (C=O) groups is 4. The summed E-state index contributed by atoms with van der Waals surface area (Å²) < 4.78 is 41.2. The van der Waals surface area contributed by atoms with Crippen molar-refractivity contribution in [1.82, 2.24) is 10.2 Å². The summed E-state index contributed by atoms with van der Waals surface area (Å²) in [5.41, 5.74) is 0.378. The van der Waals surface area contributed by atoms with E-state index >= 15 is 0 Å². The van der Waals surface area contributed by atoms with Gasteiger partial charge in [0.2, 0.25) is 17.6 Å². The molecule has 12 nitrogen and oxygen atoms in total. The van der Waals surface area contributed by atoms with Crippen molar-refractivity contribution in [1.29, 1.82) is 0 Å². The van der Waals surface area contributed by atoms with Crippen LogP contribution in [0.25, 0.3) is 11.0 Å². The summed E-state index contributed by atoms with van der Waals surface area (Å²) in [6.45, 7) is 6.23. The number of nitrogens with one attached hydrogen (secondary N) is 2. The Bertz CT molecular complexity index is 1590. The average molecular weight is 742 g/mol. The fourth-order valence-corrected chi connectivity index (χ4v) is 8.90. The van der Waals surface area contributed by atoms with Gasteiger partial charge in [0.15, 0.2) is 0 Å². The molecule has 1 aromatic heterocycles. The molecule has 2 saturated heterocycles. The lowest BCUT2D eigenvalue weighted by molar-refractivity contribution is -0.142. The maximum Gasteiger partial charge on any atom is 0.407 e. The molecule has 2 saturated carbocycles. The summed E-state index contributed by atoms with van der Waals surface area (Å²) in [6, 6.07) is 5.84. The molecule has 4 aliphatic rings. The first-order valence-electron chi connectivity index (χ1n) is 19.4. The molecule has 4 atom stereocenters. The molecule has 1 unspecified atom stereocenters. The van der Waals surface area contributed by atoms with Gasteiger partial charge in [-0.15, -0.1) is 0 Å². The molecule has 4 fully saturated rings. The number of hydrogen-bond donors (Lipinski definition) is 2. The molecule has 13 heteroatoms. The third-order valence-corrected chi connectivity index (χ3v) is 11.6. The number of halogens is 1. The van der Waals surface area contributed by atoms with E-state index in [-0.39, 0.29) is 60.0 Å². The van der Waals surface area contributed by atoms with Crippen molar-refractivity contribution in [2.45, 2.75) is 121 Å². The van der Waals surface area contributed by atoms with Gasteiger partial charge >= 0.3 is 12.1 Å². The van der Waals surface area contributed by atoms with Crippen molar-refractivity contribution in [2.24, 2.45) is 23.7 Å². The van der Waals surface area contributed by atoms with Gasteiger partial charge in [-0.1, -0.05) is 0 Å². The van der Waals surface area contributed by atoms with Crippen LogP contribution in [0, 0.1) is 23.7 Å². The minimum atomic E-state index is -0.663. The second-order valence-electron chi connectivity index (χ2n) is 16.3. The minimum absolute atomic E-state index is 0.0126. The molecule has 0 spiro atoms. The SMILES string of the molecule is COC1CCC([C@@H]2CCN(C(=O)C3CCC([C@@H](CCF)NC(=O)OC(C)(C)C)CC3)[C@@H]2C(=O)Nc2ccc3oc(C(=O)OC4CCOC4)cc3c2)CC1. The van der Waals surface area contributed by atoms with Gasteiger partial charge in [0, 0.05) is 43.1 Å². The topological polar surface area (TPSA) is 146 Å². The Kier molecular flexibility index (Phi) is 12.6. The quantitative estimate of drug-likeness (QED) is 0.238. The number of methoxy groups -OCH3 is 1. The monoisotopic (exact) mass is 741 g/mol. The van der Waals surface area contributed by atoms with Crippen molar-refractivity contribution in [3.63, 3.8) is 0 Å². The van der Waals surface area contributed by atoms with Crippen molar-refractivity contribution < 1.29 is 46.9 Å². The van der Waals surface area contributed by atoms with E-state index in [4.69, 9.17) is 23.4 Å². The number of rotatable bonds is 11.